The number of benzene rings is 1. The Morgan fingerprint density at radius 3 is 2.86 bits per heavy atom. The van der Waals surface area contributed by atoms with Crippen LogP contribution >= 0.6 is 0 Å². The first kappa shape index (κ1) is 9.41. The van der Waals surface area contributed by atoms with Crippen molar-refractivity contribution in [2.75, 3.05) is 20.1 Å². The van der Waals surface area contributed by atoms with Gasteiger partial charge in [-0.15, -0.1) is 0 Å². The van der Waals surface area contributed by atoms with Crippen molar-refractivity contribution in [3.8, 4) is 0 Å². The Hall–Kier alpha value is -1.15. The van der Waals surface area contributed by atoms with Gasteiger partial charge >= 0.3 is 0 Å². The van der Waals surface area contributed by atoms with Gasteiger partial charge < -0.3 is 4.90 Å². The van der Waals surface area contributed by atoms with Crippen LogP contribution in [0.2, 0.25) is 0 Å². The molecule has 1 aliphatic rings. The van der Waals surface area contributed by atoms with E-state index in [1.807, 2.05) is 6.07 Å². The number of halogens is 1. The minimum atomic E-state index is -0.151. The monoisotopic (exact) mass is 191 g/mol. The van der Waals surface area contributed by atoms with Gasteiger partial charge in [0.05, 0.1) is 0 Å². The minimum Gasteiger partial charge on any atom is -0.302 e. The zero-order chi connectivity index (χ0) is 9.97. The molecule has 1 aromatic carbocycles. The topological polar surface area (TPSA) is 3.24 Å². The van der Waals surface area contributed by atoms with Crippen LogP contribution in [0.3, 0.4) is 0 Å². The molecule has 0 amide bonds. The van der Waals surface area contributed by atoms with Crippen molar-refractivity contribution in [3.05, 3.63) is 41.7 Å². The molecule has 2 heteroatoms. The fraction of sp³-hybridized carbons (Fsp3) is 0.333. The van der Waals surface area contributed by atoms with E-state index in [0.29, 0.717) is 0 Å². The van der Waals surface area contributed by atoms with Gasteiger partial charge in [-0.05, 0) is 36.7 Å². The van der Waals surface area contributed by atoms with Crippen LogP contribution in [0, 0.1) is 5.82 Å². The summed E-state index contributed by atoms with van der Waals surface area (Å²) in [5, 5.41) is 0. The summed E-state index contributed by atoms with van der Waals surface area (Å²) in [6.07, 6.45) is 3.19. The summed E-state index contributed by atoms with van der Waals surface area (Å²) < 4.78 is 13.0. The Morgan fingerprint density at radius 2 is 2.21 bits per heavy atom. The highest BCUT2D eigenvalue weighted by Crippen LogP contribution is 2.21. The Kier molecular flexibility index (Phi) is 2.64. The lowest BCUT2D eigenvalue weighted by molar-refractivity contribution is 0.370. The zero-order valence-electron chi connectivity index (χ0n) is 8.33. The molecule has 74 valence electrons. The number of nitrogens with zero attached hydrogens (tertiary/aromatic N) is 1. The second-order valence-corrected chi connectivity index (χ2v) is 3.75. The molecule has 0 saturated carbocycles. The lowest BCUT2D eigenvalue weighted by Gasteiger charge is -2.22. The highest BCUT2D eigenvalue weighted by atomic mass is 19.1. The molecule has 0 bridgehead atoms. The normalized spacial score (nSPS) is 18.0. The van der Waals surface area contributed by atoms with Crippen molar-refractivity contribution in [2.24, 2.45) is 0 Å². The van der Waals surface area contributed by atoms with Crippen molar-refractivity contribution in [1.82, 2.24) is 4.90 Å². The maximum absolute atomic E-state index is 13.0. The van der Waals surface area contributed by atoms with Gasteiger partial charge in [-0.2, -0.15) is 0 Å². The Labute approximate surface area is 83.9 Å². The lowest BCUT2D eigenvalue weighted by atomic mass is 10.00. The molecule has 0 unspecified atom stereocenters. The quantitative estimate of drug-likeness (QED) is 0.659. The summed E-state index contributed by atoms with van der Waals surface area (Å²) in [4.78, 5) is 2.25. The van der Waals surface area contributed by atoms with Gasteiger partial charge in [-0.25, -0.2) is 4.39 Å². The van der Waals surface area contributed by atoms with Crippen LogP contribution in [0.25, 0.3) is 5.57 Å². The number of hydrogen-bond acceptors (Lipinski definition) is 1. The van der Waals surface area contributed by atoms with E-state index in [-0.39, 0.29) is 5.82 Å². The predicted octanol–water partition coefficient (Wildman–Crippen LogP) is 2.54. The Bertz CT molecular complexity index is 357. The van der Waals surface area contributed by atoms with E-state index in [0.717, 1.165) is 25.1 Å². The van der Waals surface area contributed by atoms with Gasteiger partial charge in [0.25, 0.3) is 0 Å². The molecule has 0 aromatic heterocycles. The molecule has 0 N–H and O–H groups in total. The summed E-state index contributed by atoms with van der Waals surface area (Å²) in [5.41, 5.74) is 2.29. The average molecular weight is 191 g/mol. The lowest BCUT2D eigenvalue weighted by Crippen LogP contribution is -2.23. The van der Waals surface area contributed by atoms with Crippen LogP contribution in [-0.4, -0.2) is 25.0 Å². The summed E-state index contributed by atoms with van der Waals surface area (Å²) in [7, 11) is 2.10. The molecule has 0 atom stereocenters. The zero-order valence-corrected chi connectivity index (χ0v) is 8.33. The maximum Gasteiger partial charge on any atom is 0.123 e. The second-order valence-electron chi connectivity index (χ2n) is 3.75. The molecule has 14 heavy (non-hydrogen) atoms. The third-order valence-corrected chi connectivity index (χ3v) is 2.61. The van der Waals surface area contributed by atoms with Gasteiger partial charge in [0, 0.05) is 13.1 Å². The molecule has 1 aliphatic heterocycles. The molecule has 0 radical (unpaired) electrons. The highest BCUT2D eigenvalue weighted by Gasteiger charge is 2.09. The van der Waals surface area contributed by atoms with Crippen LogP contribution in [-0.2, 0) is 0 Å². The molecule has 0 aliphatic carbocycles. The molecule has 1 aromatic rings. The van der Waals surface area contributed by atoms with Crippen molar-refractivity contribution in [1.29, 1.82) is 0 Å². The van der Waals surface area contributed by atoms with E-state index in [2.05, 4.69) is 18.0 Å². The van der Waals surface area contributed by atoms with Crippen molar-refractivity contribution in [3.63, 3.8) is 0 Å². The standard InChI is InChI=1S/C12H14FN/c1-14-7-5-10(6-8-14)11-3-2-4-12(13)9-11/h2-5,9H,6-8H2,1H3. The third kappa shape index (κ3) is 2.02. The first-order valence-corrected chi connectivity index (χ1v) is 4.89. The summed E-state index contributed by atoms with van der Waals surface area (Å²) >= 11 is 0. The first-order valence-electron chi connectivity index (χ1n) is 4.89. The van der Waals surface area contributed by atoms with E-state index in [1.165, 1.54) is 11.6 Å². The minimum absolute atomic E-state index is 0.151. The second kappa shape index (κ2) is 3.93. The van der Waals surface area contributed by atoms with E-state index in [4.69, 9.17) is 0 Å². The molecular weight excluding hydrogens is 177 g/mol. The van der Waals surface area contributed by atoms with Crippen LogP contribution < -0.4 is 0 Å². The molecule has 0 spiro atoms. The molecule has 2 rings (SSSR count). The fourth-order valence-electron chi connectivity index (χ4n) is 1.72. The molecular formula is C12H14FN. The van der Waals surface area contributed by atoms with Gasteiger partial charge in [-0.3, -0.25) is 0 Å². The van der Waals surface area contributed by atoms with Crippen molar-refractivity contribution >= 4 is 5.57 Å². The van der Waals surface area contributed by atoms with Gasteiger partial charge in [0.15, 0.2) is 0 Å². The van der Waals surface area contributed by atoms with E-state index in [9.17, 15) is 4.39 Å². The van der Waals surface area contributed by atoms with Crippen LogP contribution in [0.15, 0.2) is 30.3 Å². The summed E-state index contributed by atoms with van der Waals surface area (Å²) in [6, 6.07) is 6.83. The summed E-state index contributed by atoms with van der Waals surface area (Å²) in [5.74, 6) is -0.151. The van der Waals surface area contributed by atoms with Gasteiger partial charge in [0.2, 0.25) is 0 Å². The number of likely N-dealkylation sites (N-methyl/N-ethyl adjacent to an activating group) is 1. The van der Waals surface area contributed by atoms with E-state index >= 15 is 0 Å². The first-order chi connectivity index (χ1) is 6.75. The van der Waals surface area contributed by atoms with E-state index in [1.54, 1.807) is 12.1 Å². The molecule has 1 heterocycles. The molecule has 0 fully saturated rings. The Balaban J connectivity index is 2.23. The smallest absolute Gasteiger partial charge is 0.123 e. The van der Waals surface area contributed by atoms with Gasteiger partial charge in [0.1, 0.15) is 5.82 Å². The van der Waals surface area contributed by atoms with Crippen molar-refractivity contribution in [2.45, 2.75) is 6.42 Å². The fourth-order valence-corrected chi connectivity index (χ4v) is 1.72. The average Bonchev–Trinajstić information content (AvgIpc) is 2.19. The van der Waals surface area contributed by atoms with Gasteiger partial charge in [-0.1, -0.05) is 18.2 Å². The Morgan fingerprint density at radius 1 is 1.36 bits per heavy atom. The predicted molar refractivity (Wildman–Crippen MR) is 56.5 cm³/mol. The SMILES string of the molecule is CN1CC=C(c2cccc(F)c2)CC1. The number of hydrogen-bond donors (Lipinski definition) is 0. The maximum atomic E-state index is 13.0. The van der Waals surface area contributed by atoms with Crippen LogP contribution in [0.1, 0.15) is 12.0 Å². The molecule has 1 nitrogen and oxygen atoms in total. The van der Waals surface area contributed by atoms with Crippen molar-refractivity contribution < 1.29 is 4.39 Å². The van der Waals surface area contributed by atoms with Crippen LogP contribution in [0.5, 0.6) is 0 Å². The number of rotatable bonds is 1. The largest absolute Gasteiger partial charge is 0.302 e. The third-order valence-electron chi connectivity index (χ3n) is 2.61. The van der Waals surface area contributed by atoms with E-state index < -0.39 is 0 Å². The van der Waals surface area contributed by atoms with Crippen LogP contribution in [0.4, 0.5) is 4.39 Å². The highest BCUT2D eigenvalue weighted by molar-refractivity contribution is 5.66. The summed E-state index contributed by atoms with van der Waals surface area (Å²) in [6.45, 7) is 2.02. The molecule has 0 saturated heterocycles.